The van der Waals surface area contributed by atoms with Crippen molar-refractivity contribution in [1.29, 1.82) is 0 Å². The molecule has 1 saturated carbocycles. The van der Waals surface area contributed by atoms with Gasteiger partial charge in [0.25, 0.3) is 0 Å². The minimum Gasteiger partial charge on any atom is -0.508 e. The van der Waals surface area contributed by atoms with Crippen LogP contribution in [0.3, 0.4) is 0 Å². The molecule has 3 heteroatoms. The van der Waals surface area contributed by atoms with Crippen LogP contribution in [0.15, 0.2) is 46.9 Å². The van der Waals surface area contributed by atoms with Gasteiger partial charge in [0.15, 0.2) is 0 Å². The van der Waals surface area contributed by atoms with Crippen molar-refractivity contribution in [2.75, 3.05) is 0 Å². The Hall–Kier alpha value is -1.48. The molecule has 1 aliphatic carbocycles. The highest BCUT2D eigenvalue weighted by Crippen LogP contribution is 2.46. The fourth-order valence-electron chi connectivity index (χ4n) is 3.48. The minimum absolute atomic E-state index is 0.0117. The van der Waals surface area contributed by atoms with Crippen molar-refractivity contribution in [2.24, 2.45) is 0 Å². The molecular weight excluding hydrogens is 328 g/mol. The molecule has 0 radical (unpaired) electrons. The van der Waals surface area contributed by atoms with E-state index >= 15 is 0 Å². The third kappa shape index (κ3) is 2.67. The Morgan fingerprint density at radius 1 is 0.810 bits per heavy atom. The van der Waals surface area contributed by atoms with E-state index in [1.807, 2.05) is 24.3 Å². The lowest BCUT2D eigenvalue weighted by molar-refractivity contribution is 0.345. The second kappa shape index (κ2) is 5.72. The van der Waals surface area contributed by atoms with Gasteiger partial charge >= 0.3 is 0 Å². The number of rotatable bonds is 2. The highest BCUT2D eigenvalue weighted by atomic mass is 79.9. The fraction of sp³-hybridized carbons (Fsp3) is 0.333. The van der Waals surface area contributed by atoms with Crippen LogP contribution in [0.4, 0.5) is 0 Å². The molecule has 3 rings (SSSR count). The molecule has 0 amide bonds. The molecular formula is C18H19BrO2. The Balaban J connectivity index is 2.12. The van der Waals surface area contributed by atoms with Crippen molar-refractivity contribution in [3.05, 3.63) is 58.1 Å². The summed E-state index contributed by atoms with van der Waals surface area (Å²) in [5.41, 5.74) is 2.47. The summed E-state index contributed by atoms with van der Waals surface area (Å²) >= 11 is 3.43. The third-order valence-corrected chi connectivity index (χ3v) is 5.26. The average Bonchev–Trinajstić information content (AvgIpc) is 2.51. The molecule has 0 aliphatic heterocycles. The quantitative estimate of drug-likeness (QED) is 0.792. The van der Waals surface area contributed by atoms with Crippen LogP contribution in [0.5, 0.6) is 11.5 Å². The number of phenolic OH excluding ortho intramolecular Hbond substituents is 2. The van der Waals surface area contributed by atoms with Crippen molar-refractivity contribution in [3.63, 3.8) is 0 Å². The molecule has 0 unspecified atom stereocenters. The summed E-state index contributed by atoms with van der Waals surface area (Å²) in [7, 11) is 0. The van der Waals surface area contributed by atoms with E-state index in [1.165, 1.54) is 30.4 Å². The van der Waals surface area contributed by atoms with Gasteiger partial charge in [0.2, 0.25) is 0 Å². The lowest BCUT2D eigenvalue weighted by atomic mass is 9.65. The van der Waals surface area contributed by atoms with Gasteiger partial charge in [-0.05, 0) is 64.2 Å². The molecule has 0 aromatic heterocycles. The minimum atomic E-state index is -0.0117. The summed E-state index contributed by atoms with van der Waals surface area (Å²) in [6, 6.07) is 13.4. The van der Waals surface area contributed by atoms with E-state index in [9.17, 15) is 10.2 Å². The van der Waals surface area contributed by atoms with Gasteiger partial charge in [0.05, 0.1) is 4.47 Å². The number of halogens is 1. The van der Waals surface area contributed by atoms with Crippen molar-refractivity contribution >= 4 is 15.9 Å². The monoisotopic (exact) mass is 346 g/mol. The van der Waals surface area contributed by atoms with Crippen LogP contribution in [0.1, 0.15) is 43.2 Å². The van der Waals surface area contributed by atoms with E-state index in [0.29, 0.717) is 5.75 Å². The van der Waals surface area contributed by atoms with Gasteiger partial charge in [-0.3, -0.25) is 0 Å². The second-order valence-electron chi connectivity index (χ2n) is 5.86. The Kier molecular flexibility index (Phi) is 3.94. The highest BCUT2D eigenvalue weighted by Gasteiger charge is 2.35. The molecule has 1 aliphatic rings. The smallest absolute Gasteiger partial charge is 0.129 e. The summed E-state index contributed by atoms with van der Waals surface area (Å²) in [6.07, 6.45) is 5.90. The summed E-state index contributed by atoms with van der Waals surface area (Å²) in [5.74, 6) is 0.576. The van der Waals surface area contributed by atoms with Gasteiger partial charge in [-0.1, -0.05) is 37.5 Å². The van der Waals surface area contributed by atoms with Gasteiger partial charge in [0.1, 0.15) is 11.5 Å². The predicted molar refractivity (Wildman–Crippen MR) is 87.8 cm³/mol. The largest absolute Gasteiger partial charge is 0.508 e. The summed E-state index contributed by atoms with van der Waals surface area (Å²) in [4.78, 5) is 0. The molecule has 2 aromatic rings. The molecule has 1 fully saturated rings. The fourth-order valence-corrected chi connectivity index (χ4v) is 3.86. The topological polar surface area (TPSA) is 40.5 Å². The van der Waals surface area contributed by atoms with E-state index < -0.39 is 0 Å². The van der Waals surface area contributed by atoms with Crippen LogP contribution in [-0.4, -0.2) is 10.2 Å². The lowest BCUT2D eigenvalue weighted by Crippen LogP contribution is -2.30. The molecule has 2 N–H and O–H groups in total. The first-order chi connectivity index (χ1) is 10.1. The Morgan fingerprint density at radius 3 is 2.05 bits per heavy atom. The zero-order valence-electron chi connectivity index (χ0n) is 11.8. The van der Waals surface area contributed by atoms with E-state index in [2.05, 4.69) is 15.9 Å². The maximum absolute atomic E-state index is 9.75. The number of hydrogen-bond acceptors (Lipinski definition) is 2. The normalized spacial score (nSPS) is 17.6. The van der Waals surface area contributed by atoms with E-state index in [0.717, 1.165) is 17.3 Å². The number of hydrogen-bond donors (Lipinski definition) is 2. The van der Waals surface area contributed by atoms with E-state index in [1.54, 1.807) is 18.2 Å². The maximum Gasteiger partial charge on any atom is 0.129 e. The molecule has 2 nitrogen and oxygen atoms in total. The number of phenols is 2. The van der Waals surface area contributed by atoms with Gasteiger partial charge in [-0.2, -0.15) is 0 Å². The van der Waals surface area contributed by atoms with E-state index in [4.69, 9.17) is 0 Å². The van der Waals surface area contributed by atoms with Gasteiger partial charge in [0, 0.05) is 5.41 Å². The van der Waals surface area contributed by atoms with Crippen molar-refractivity contribution in [3.8, 4) is 11.5 Å². The first-order valence-corrected chi connectivity index (χ1v) is 8.20. The van der Waals surface area contributed by atoms with Crippen molar-refractivity contribution in [1.82, 2.24) is 0 Å². The van der Waals surface area contributed by atoms with Crippen LogP contribution in [0.25, 0.3) is 0 Å². The molecule has 2 aromatic carbocycles. The molecule has 0 saturated heterocycles. The Morgan fingerprint density at radius 2 is 1.43 bits per heavy atom. The number of benzene rings is 2. The molecule has 110 valence electrons. The Bertz CT molecular complexity index is 628. The predicted octanol–water partition coefficient (Wildman–Crippen LogP) is 5.11. The highest BCUT2D eigenvalue weighted by molar-refractivity contribution is 9.10. The van der Waals surface area contributed by atoms with Crippen molar-refractivity contribution in [2.45, 2.75) is 37.5 Å². The standard InChI is InChI=1S/C18H19BrO2/c19-16-12-14(6-9-17(16)21)18(10-2-1-3-11-18)13-4-7-15(20)8-5-13/h4-9,12,20-21H,1-3,10-11H2. The SMILES string of the molecule is Oc1ccc(C2(c3ccc(O)c(Br)c3)CCCCC2)cc1. The molecule has 0 heterocycles. The summed E-state index contributed by atoms with van der Waals surface area (Å²) in [5, 5.41) is 19.3. The molecule has 21 heavy (non-hydrogen) atoms. The van der Waals surface area contributed by atoms with E-state index in [-0.39, 0.29) is 11.2 Å². The molecule has 0 spiro atoms. The third-order valence-electron chi connectivity index (χ3n) is 4.63. The maximum atomic E-state index is 9.75. The second-order valence-corrected chi connectivity index (χ2v) is 6.71. The van der Waals surface area contributed by atoms with Crippen LogP contribution < -0.4 is 0 Å². The summed E-state index contributed by atoms with van der Waals surface area (Å²) < 4.78 is 0.740. The van der Waals surface area contributed by atoms with Gasteiger partial charge in [-0.15, -0.1) is 0 Å². The van der Waals surface area contributed by atoms with Crippen LogP contribution in [0.2, 0.25) is 0 Å². The first-order valence-electron chi connectivity index (χ1n) is 7.40. The molecule has 0 bridgehead atoms. The Labute approximate surface area is 133 Å². The van der Waals surface area contributed by atoms with Crippen LogP contribution in [0, 0.1) is 0 Å². The van der Waals surface area contributed by atoms with Gasteiger partial charge < -0.3 is 10.2 Å². The summed E-state index contributed by atoms with van der Waals surface area (Å²) in [6.45, 7) is 0. The van der Waals surface area contributed by atoms with Crippen LogP contribution >= 0.6 is 15.9 Å². The number of aromatic hydroxyl groups is 2. The molecule has 0 atom stereocenters. The van der Waals surface area contributed by atoms with Crippen LogP contribution in [-0.2, 0) is 5.41 Å². The zero-order valence-corrected chi connectivity index (χ0v) is 13.4. The first kappa shape index (κ1) is 14.5. The lowest BCUT2D eigenvalue weighted by Gasteiger charge is -2.38. The zero-order chi connectivity index (χ0) is 14.9. The van der Waals surface area contributed by atoms with Gasteiger partial charge in [-0.25, -0.2) is 0 Å². The van der Waals surface area contributed by atoms with Crippen molar-refractivity contribution < 1.29 is 10.2 Å². The average molecular weight is 347 g/mol.